The standard InChI is InChI=1S/C18H13BrN4OS/c19-14-5-3-4-12(8-14)9-20-17(24)13-10-21-23(11-13)18-22-15-6-1-2-7-16(15)25-18/h1-8,10-11H,9H2,(H,20,24). The summed E-state index contributed by atoms with van der Waals surface area (Å²) in [6.45, 7) is 0.463. The molecule has 4 rings (SSSR count). The number of thiazole rings is 1. The largest absolute Gasteiger partial charge is 0.348 e. The van der Waals surface area contributed by atoms with E-state index in [2.05, 4.69) is 31.3 Å². The molecule has 1 N–H and O–H groups in total. The fraction of sp³-hybridized carbons (Fsp3) is 0.0556. The molecule has 4 aromatic rings. The van der Waals surface area contributed by atoms with Gasteiger partial charge in [0.2, 0.25) is 5.13 Å². The number of benzene rings is 2. The summed E-state index contributed by atoms with van der Waals surface area (Å²) in [5.41, 5.74) is 2.47. The summed E-state index contributed by atoms with van der Waals surface area (Å²) in [6.07, 6.45) is 3.26. The van der Waals surface area contributed by atoms with Crippen LogP contribution in [0.2, 0.25) is 0 Å². The number of halogens is 1. The Kier molecular flexibility index (Phi) is 4.33. The molecule has 0 unspecified atom stereocenters. The lowest BCUT2D eigenvalue weighted by Gasteiger charge is -2.04. The first-order valence-corrected chi connectivity index (χ1v) is 9.23. The fourth-order valence-electron chi connectivity index (χ4n) is 2.43. The number of nitrogens with one attached hydrogen (secondary N) is 1. The molecule has 2 aromatic carbocycles. The Balaban J connectivity index is 1.49. The molecule has 0 bridgehead atoms. The molecule has 2 aromatic heterocycles. The number of para-hydroxylation sites is 1. The van der Waals surface area contributed by atoms with Crippen LogP contribution >= 0.6 is 27.3 Å². The van der Waals surface area contributed by atoms with Gasteiger partial charge in [0.25, 0.3) is 5.91 Å². The predicted molar refractivity (Wildman–Crippen MR) is 102 cm³/mol. The summed E-state index contributed by atoms with van der Waals surface area (Å²) < 4.78 is 3.72. The molecule has 0 spiro atoms. The highest BCUT2D eigenvalue weighted by Gasteiger charge is 2.12. The number of amides is 1. The molecule has 1 amide bonds. The number of carbonyl (C=O) groups is 1. The van der Waals surface area contributed by atoms with Crippen LogP contribution in [-0.4, -0.2) is 20.7 Å². The second-order valence-corrected chi connectivity index (χ2v) is 7.38. The molecule has 0 radical (unpaired) electrons. The van der Waals surface area contributed by atoms with Crippen LogP contribution in [0.15, 0.2) is 65.4 Å². The third-order valence-corrected chi connectivity index (χ3v) is 5.18. The van der Waals surface area contributed by atoms with Crippen LogP contribution in [-0.2, 0) is 6.54 Å². The van der Waals surface area contributed by atoms with Gasteiger partial charge in [-0.25, -0.2) is 9.67 Å². The van der Waals surface area contributed by atoms with E-state index in [1.165, 1.54) is 11.3 Å². The molecular weight excluding hydrogens is 400 g/mol. The number of rotatable bonds is 4. The highest BCUT2D eigenvalue weighted by molar-refractivity contribution is 9.10. The average molecular weight is 413 g/mol. The maximum absolute atomic E-state index is 12.3. The van der Waals surface area contributed by atoms with E-state index >= 15 is 0 Å². The van der Waals surface area contributed by atoms with Crippen molar-refractivity contribution in [2.75, 3.05) is 0 Å². The molecule has 7 heteroatoms. The summed E-state index contributed by atoms with van der Waals surface area (Å²) >= 11 is 4.97. The van der Waals surface area contributed by atoms with Gasteiger partial charge < -0.3 is 5.32 Å². The second kappa shape index (κ2) is 6.78. The van der Waals surface area contributed by atoms with Gasteiger partial charge in [0.15, 0.2) is 0 Å². The number of hydrogen-bond acceptors (Lipinski definition) is 4. The number of aromatic nitrogens is 3. The van der Waals surface area contributed by atoms with Crippen molar-refractivity contribution in [2.45, 2.75) is 6.54 Å². The molecule has 25 heavy (non-hydrogen) atoms. The lowest BCUT2D eigenvalue weighted by atomic mass is 10.2. The van der Waals surface area contributed by atoms with Crippen molar-refractivity contribution in [1.29, 1.82) is 0 Å². The van der Waals surface area contributed by atoms with Crippen molar-refractivity contribution in [2.24, 2.45) is 0 Å². The number of hydrogen-bond donors (Lipinski definition) is 1. The summed E-state index contributed by atoms with van der Waals surface area (Å²) in [5, 5.41) is 7.91. The summed E-state index contributed by atoms with van der Waals surface area (Å²) in [7, 11) is 0. The monoisotopic (exact) mass is 412 g/mol. The predicted octanol–water partition coefficient (Wildman–Crippen LogP) is 4.17. The molecule has 0 saturated heterocycles. The minimum absolute atomic E-state index is 0.160. The van der Waals surface area contributed by atoms with Crippen molar-refractivity contribution < 1.29 is 4.79 Å². The van der Waals surface area contributed by atoms with E-state index in [0.29, 0.717) is 12.1 Å². The Morgan fingerprint density at radius 1 is 1.20 bits per heavy atom. The van der Waals surface area contributed by atoms with Crippen molar-refractivity contribution >= 4 is 43.4 Å². The molecule has 0 atom stereocenters. The van der Waals surface area contributed by atoms with E-state index in [0.717, 1.165) is 25.4 Å². The molecule has 0 saturated carbocycles. The molecule has 5 nitrogen and oxygen atoms in total. The lowest BCUT2D eigenvalue weighted by molar-refractivity contribution is 0.0951. The normalized spacial score (nSPS) is 10.9. The quantitative estimate of drug-likeness (QED) is 0.546. The van der Waals surface area contributed by atoms with Crippen LogP contribution in [0.1, 0.15) is 15.9 Å². The van der Waals surface area contributed by atoms with E-state index in [4.69, 9.17) is 0 Å². The minimum Gasteiger partial charge on any atom is -0.348 e. The van der Waals surface area contributed by atoms with Gasteiger partial charge in [0.05, 0.1) is 22.0 Å². The van der Waals surface area contributed by atoms with Gasteiger partial charge in [-0.3, -0.25) is 4.79 Å². The van der Waals surface area contributed by atoms with Gasteiger partial charge in [0.1, 0.15) is 0 Å². The molecule has 2 heterocycles. The van der Waals surface area contributed by atoms with E-state index in [9.17, 15) is 4.79 Å². The van der Waals surface area contributed by atoms with Crippen molar-refractivity contribution in [3.63, 3.8) is 0 Å². The van der Waals surface area contributed by atoms with Crippen LogP contribution in [0.5, 0.6) is 0 Å². The third-order valence-electron chi connectivity index (χ3n) is 3.67. The number of nitrogens with zero attached hydrogens (tertiary/aromatic N) is 3. The van der Waals surface area contributed by atoms with Gasteiger partial charge in [-0.05, 0) is 29.8 Å². The van der Waals surface area contributed by atoms with Crippen molar-refractivity contribution in [3.8, 4) is 5.13 Å². The van der Waals surface area contributed by atoms with Gasteiger partial charge in [-0.2, -0.15) is 5.10 Å². The van der Waals surface area contributed by atoms with E-state index in [-0.39, 0.29) is 5.91 Å². The van der Waals surface area contributed by atoms with E-state index < -0.39 is 0 Å². The molecule has 0 aliphatic rings. The first-order valence-electron chi connectivity index (χ1n) is 7.62. The van der Waals surface area contributed by atoms with Gasteiger partial charge >= 0.3 is 0 Å². The fourth-order valence-corrected chi connectivity index (χ4v) is 3.78. The van der Waals surface area contributed by atoms with Crippen LogP contribution in [0.4, 0.5) is 0 Å². The summed E-state index contributed by atoms with van der Waals surface area (Å²) in [4.78, 5) is 16.9. The number of fused-ring (bicyclic) bond motifs is 1. The molecular formula is C18H13BrN4OS. The SMILES string of the molecule is O=C(NCc1cccc(Br)c1)c1cnn(-c2nc3ccccc3s2)c1. The number of carbonyl (C=O) groups excluding carboxylic acids is 1. The lowest BCUT2D eigenvalue weighted by Crippen LogP contribution is -2.22. The summed E-state index contributed by atoms with van der Waals surface area (Å²) in [6, 6.07) is 15.8. The van der Waals surface area contributed by atoms with E-state index in [1.54, 1.807) is 17.1 Å². The Morgan fingerprint density at radius 2 is 2.08 bits per heavy atom. The highest BCUT2D eigenvalue weighted by atomic mass is 79.9. The zero-order valence-electron chi connectivity index (χ0n) is 13.0. The Hall–Kier alpha value is -2.51. The molecule has 0 fully saturated rings. The van der Waals surface area contributed by atoms with Gasteiger partial charge in [-0.1, -0.05) is 51.5 Å². The van der Waals surface area contributed by atoms with Gasteiger partial charge in [0, 0.05) is 17.2 Å². The Morgan fingerprint density at radius 3 is 2.92 bits per heavy atom. The van der Waals surface area contributed by atoms with Crippen LogP contribution < -0.4 is 5.32 Å². The van der Waals surface area contributed by atoms with Crippen molar-refractivity contribution in [1.82, 2.24) is 20.1 Å². The zero-order chi connectivity index (χ0) is 17.2. The summed E-state index contributed by atoms with van der Waals surface area (Å²) in [5.74, 6) is -0.160. The second-order valence-electron chi connectivity index (χ2n) is 5.45. The average Bonchev–Trinajstić information content (AvgIpc) is 3.26. The van der Waals surface area contributed by atoms with Crippen LogP contribution in [0.3, 0.4) is 0 Å². The third kappa shape index (κ3) is 3.47. The molecule has 0 aliphatic carbocycles. The highest BCUT2D eigenvalue weighted by Crippen LogP contribution is 2.24. The van der Waals surface area contributed by atoms with E-state index in [1.807, 2.05) is 48.5 Å². The van der Waals surface area contributed by atoms with Crippen LogP contribution in [0.25, 0.3) is 15.3 Å². The minimum atomic E-state index is -0.160. The topological polar surface area (TPSA) is 59.8 Å². The molecule has 0 aliphatic heterocycles. The smallest absolute Gasteiger partial charge is 0.254 e. The Labute approximate surface area is 156 Å². The maximum atomic E-state index is 12.3. The molecule has 124 valence electrons. The van der Waals surface area contributed by atoms with Crippen molar-refractivity contribution in [3.05, 3.63) is 76.5 Å². The first-order chi connectivity index (χ1) is 12.2. The zero-order valence-corrected chi connectivity index (χ0v) is 15.4. The van der Waals surface area contributed by atoms with Crippen LogP contribution in [0, 0.1) is 0 Å². The first kappa shape index (κ1) is 16.0. The van der Waals surface area contributed by atoms with Gasteiger partial charge in [-0.15, -0.1) is 0 Å². The Bertz CT molecular complexity index is 1020. The maximum Gasteiger partial charge on any atom is 0.254 e.